The molecule has 0 bridgehead atoms. The number of hydrogen-bond donors (Lipinski definition) is 2. The third-order valence-corrected chi connectivity index (χ3v) is 5.90. The molecule has 154 valence electrons. The topological polar surface area (TPSA) is 80.1 Å². The monoisotopic (exact) mass is 421 g/mol. The molecule has 0 radical (unpaired) electrons. The van der Waals surface area contributed by atoms with Crippen molar-refractivity contribution in [1.82, 2.24) is 14.8 Å². The fourth-order valence-corrected chi connectivity index (χ4v) is 4.10. The summed E-state index contributed by atoms with van der Waals surface area (Å²) < 4.78 is 7.46. The van der Waals surface area contributed by atoms with Gasteiger partial charge in [-0.3, -0.25) is 4.57 Å². The van der Waals surface area contributed by atoms with Crippen molar-refractivity contribution in [2.45, 2.75) is 24.2 Å². The smallest absolute Gasteiger partial charge is 0.343 e. The van der Waals surface area contributed by atoms with E-state index in [1.165, 1.54) is 11.8 Å². The van der Waals surface area contributed by atoms with Gasteiger partial charge >= 0.3 is 5.69 Å². The van der Waals surface area contributed by atoms with E-state index in [-0.39, 0.29) is 12.3 Å². The quantitative estimate of drug-likeness (QED) is 0.404. The lowest BCUT2D eigenvalue weighted by atomic mass is 10.1. The molecule has 3 aromatic carbocycles. The van der Waals surface area contributed by atoms with E-state index in [9.17, 15) is 9.90 Å². The molecule has 2 N–H and O–H groups in total. The van der Waals surface area contributed by atoms with Gasteiger partial charge in [0.15, 0.2) is 5.16 Å². The van der Waals surface area contributed by atoms with Gasteiger partial charge in [0.1, 0.15) is 12.4 Å². The Bertz CT molecular complexity index is 1150. The molecule has 1 aromatic heterocycles. The molecule has 0 aliphatic heterocycles. The molecule has 30 heavy (non-hydrogen) atoms. The molecular formula is C23H23N3O3S. The van der Waals surface area contributed by atoms with Gasteiger partial charge in [0.25, 0.3) is 0 Å². The van der Waals surface area contributed by atoms with Crippen LogP contribution in [0.2, 0.25) is 0 Å². The van der Waals surface area contributed by atoms with Crippen LogP contribution in [-0.4, -0.2) is 38.3 Å². The van der Waals surface area contributed by atoms with Crippen LogP contribution in [0.5, 0.6) is 5.75 Å². The van der Waals surface area contributed by atoms with Crippen LogP contribution in [0.3, 0.4) is 0 Å². The number of aliphatic hydroxyl groups excluding tert-OH is 1. The Labute approximate surface area is 178 Å². The number of H-pyrrole nitrogens is 1. The lowest BCUT2D eigenvalue weighted by Crippen LogP contribution is -2.22. The van der Waals surface area contributed by atoms with E-state index in [0.717, 1.165) is 28.5 Å². The van der Waals surface area contributed by atoms with Gasteiger partial charge in [-0.05, 0) is 23.4 Å². The highest BCUT2D eigenvalue weighted by molar-refractivity contribution is 7.99. The van der Waals surface area contributed by atoms with E-state index < -0.39 is 6.10 Å². The van der Waals surface area contributed by atoms with Crippen LogP contribution in [0.15, 0.2) is 82.7 Å². The standard InChI is InChI=1S/C23H23N3O3S/c27-19(15-29-21-12-6-10-18-9-4-5-11-20(18)21)16-30-23-25-24-22(28)26(23)14-13-17-7-2-1-3-8-17/h1-12,19,27H,13-16H2,(H,24,28). The summed E-state index contributed by atoms with van der Waals surface area (Å²) in [6, 6.07) is 23.8. The molecular weight excluding hydrogens is 398 g/mol. The fourth-order valence-electron chi connectivity index (χ4n) is 3.22. The molecule has 6 nitrogen and oxygen atoms in total. The Morgan fingerprint density at radius 2 is 1.80 bits per heavy atom. The molecule has 0 amide bonds. The SMILES string of the molecule is O=c1[nH]nc(SCC(O)COc2cccc3ccccc23)n1CCc1ccccc1. The maximum atomic E-state index is 12.1. The van der Waals surface area contributed by atoms with Crippen molar-refractivity contribution in [1.29, 1.82) is 0 Å². The number of aromatic amines is 1. The number of thioether (sulfide) groups is 1. The van der Waals surface area contributed by atoms with Crippen LogP contribution in [0.1, 0.15) is 5.56 Å². The van der Waals surface area contributed by atoms with Crippen molar-refractivity contribution in [3.8, 4) is 5.75 Å². The van der Waals surface area contributed by atoms with Gasteiger partial charge in [0.2, 0.25) is 0 Å². The van der Waals surface area contributed by atoms with Crippen molar-refractivity contribution in [2.24, 2.45) is 0 Å². The van der Waals surface area contributed by atoms with Gasteiger partial charge < -0.3 is 9.84 Å². The maximum absolute atomic E-state index is 12.1. The molecule has 0 spiro atoms. The first-order valence-electron chi connectivity index (χ1n) is 9.81. The van der Waals surface area contributed by atoms with Crippen LogP contribution >= 0.6 is 11.8 Å². The number of aliphatic hydroxyl groups is 1. The highest BCUT2D eigenvalue weighted by atomic mass is 32.2. The number of ether oxygens (including phenoxy) is 1. The fraction of sp³-hybridized carbons (Fsp3) is 0.217. The summed E-state index contributed by atoms with van der Waals surface area (Å²) in [4.78, 5) is 12.1. The van der Waals surface area contributed by atoms with Crippen molar-refractivity contribution in [3.63, 3.8) is 0 Å². The second kappa shape index (κ2) is 9.65. The Morgan fingerprint density at radius 1 is 1.03 bits per heavy atom. The average molecular weight is 422 g/mol. The summed E-state index contributed by atoms with van der Waals surface area (Å²) in [6.45, 7) is 0.698. The van der Waals surface area contributed by atoms with Crippen LogP contribution in [0.25, 0.3) is 10.8 Å². The van der Waals surface area contributed by atoms with E-state index in [1.807, 2.05) is 72.8 Å². The number of nitrogens with zero attached hydrogens (tertiary/aromatic N) is 2. The Morgan fingerprint density at radius 3 is 2.67 bits per heavy atom. The third-order valence-electron chi connectivity index (χ3n) is 4.78. The minimum atomic E-state index is -0.691. The summed E-state index contributed by atoms with van der Waals surface area (Å²) in [5, 5.41) is 19.7. The van der Waals surface area contributed by atoms with Crippen molar-refractivity contribution in [2.75, 3.05) is 12.4 Å². The van der Waals surface area contributed by atoms with E-state index in [1.54, 1.807) is 4.57 Å². The number of benzene rings is 3. The van der Waals surface area contributed by atoms with Crippen molar-refractivity contribution >= 4 is 22.5 Å². The summed E-state index contributed by atoms with van der Waals surface area (Å²) in [7, 11) is 0. The highest BCUT2D eigenvalue weighted by Gasteiger charge is 2.13. The van der Waals surface area contributed by atoms with Crippen LogP contribution in [0.4, 0.5) is 0 Å². The number of aryl methyl sites for hydroxylation is 1. The summed E-state index contributed by atoms with van der Waals surface area (Å²) in [5.41, 5.74) is 0.917. The lowest BCUT2D eigenvalue weighted by Gasteiger charge is -2.13. The highest BCUT2D eigenvalue weighted by Crippen LogP contribution is 2.25. The first-order valence-corrected chi connectivity index (χ1v) is 10.8. The van der Waals surface area contributed by atoms with E-state index >= 15 is 0 Å². The summed E-state index contributed by atoms with van der Waals surface area (Å²) >= 11 is 1.34. The zero-order valence-electron chi connectivity index (χ0n) is 16.4. The van der Waals surface area contributed by atoms with Crippen LogP contribution < -0.4 is 10.4 Å². The molecule has 0 fully saturated rings. The molecule has 4 rings (SSSR count). The molecule has 0 aliphatic carbocycles. The molecule has 0 aliphatic rings. The largest absolute Gasteiger partial charge is 0.490 e. The second-order valence-corrected chi connectivity index (χ2v) is 7.94. The van der Waals surface area contributed by atoms with Gasteiger partial charge in [-0.2, -0.15) is 0 Å². The predicted octanol–water partition coefficient (Wildman–Crippen LogP) is 3.50. The van der Waals surface area contributed by atoms with E-state index in [2.05, 4.69) is 10.2 Å². The predicted molar refractivity (Wildman–Crippen MR) is 119 cm³/mol. The van der Waals surface area contributed by atoms with Crippen LogP contribution in [0, 0.1) is 0 Å². The molecule has 4 aromatic rings. The Hall–Kier alpha value is -3.03. The van der Waals surface area contributed by atoms with Gasteiger partial charge in [-0.25, -0.2) is 9.89 Å². The van der Waals surface area contributed by atoms with Gasteiger partial charge in [-0.15, -0.1) is 5.10 Å². The number of fused-ring (bicyclic) bond motifs is 1. The normalized spacial score (nSPS) is 12.2. The van der Waals surface area contributed by atoms with E-state index in [0.29, 0.717) is 17.5 Å². The lowest BCUT2D eigenvalue weighted by molar-refractivity contribution is 0.127. The zero-order valence-corrected chi connectivity index (χ0v) is 17.2. The van der Waals surface area contributed by atoms with Crippen LogP contribution in [-0.2, 0) is 13.0 Å². The molecule has 0 saturated carbocycles. The minimum absolute atomic E-state index is 0.166. The molecule has 1 unspecified atom stereocenters. The molecule has 1 heterocycles. The Kier molecular flexibility index (Phi) is 6.51. The first kappa shape index (κ1) is 20.3. The third kappa shape index (κ3) is 4.93. The second-order valence-electron chi connectivity index (χ2n) is 6.95. The molecule has 7 heteroatoms. The minimum Gasteiger partial charge on any atom is -0.490 e. The van der Waals surface area contributed by atoms with Crippen molar-refractivity contribution < 1.29 is 9.84 Å². The molecule has 1 atom stereocenters. The Balaban J connectivity index is 1.33. The summed E-state index contributed by atoms with van der Waals surface area (Å²) in [5.74, 6) is 1.12. The van der Waals surface area contributed by atoms with Gasteiger partial charge in [-0.1, -0.05) is 78.5 Å². The summed E-state index contributed by atoms with van der Waals surface area (Å²) in [6.07, 6.45) is 0.0453. The van der Waals surface area contributed by atoms with Crippen molar-refractivity contribution in [3.05, 3.63) is 88.8 Å². The van der Waals surface area contributed by atoms with E-state index in [4.69, 9.17) is 4.74 Å². The van der Waals surface area contributed by atoms with Gasteiger partial charge in [0, 0.05) is 17.7 Å². The number of aromatic nitrogens is 3. The maximum Gasteiger partial charge on any atom is 0.343 e. The number of nitrogens with one attached hydrogen (secondary N) is 1. The average Bonchev–Trinajstić information content (AvgIpc) is 3.14. The van der Waals surface area contributed by atoms with Gasteiger partial charge in [0.05, 0.1) is 6.10 Å². The number of hydrogen-bond acceptors (Lipinski definition) is 5. The molecule has 0 saturated heterocycles. The number of rotatable bonds is 9. The zero-order chi connectivity index (χ0) is 20.8. The first-order chi connectivity index (χ1) is 14.7.